The lowest BCUT2D eigenvalue weighted by Gasteiger charge is -2.31. The van der Waals surface area contributed by atoms with Crippen LogP contribution in [0.1, 0.15) is 25.2 Å². The molecule has 0 bridgehead atoms. The molecular weight excluding hydrogens is 286 g/mol. The Kier molecular flexibility index (Phi) is 4.12. The van der Waals surface area contributed by atoms with Gasteiger partial charge in [0, 0.05) is 41.9 Å². The minimum absolute atomic E-state index is 0.429. The predicted molar refractivity (Wildman–Crippen MR) is 84.5 cm³/mol. The van der Waals surface area contributed by atoms with Gasteiger partial charge in [-0.05, 0) is 12.1 Å². The Morgan fingerprint density at radius 3 is 3.00 bits per heavy atom. The second kappa shape index (κ2) is 6.03. The van der Waals surface area contributed by atoms with Crippen molar-refractivity contribution in [2.75, 3.05) is 11.4 Å². The lowest BCUT2D eigenvalue weighted by Crippen LogP contribution is -2.35. The zero-order valence-corrected chi connectivity index (χ0v) is 13.1. The number of anilines is 1. The molecule has 0 radical (unpaired) electrons. The zero-order chi connectivity index (χ0) is 14.8. The molecule has 1 aromatic heterocycles. The monoisotopic (exact) mass is 305 g/mol. The summed E-state index contributed by atoms with van der Waals surface area (Å²) < 4.78 is 2.10. The summed E-state index contributed by atoms with van der Waals surface area (Å²) in [6.45, 7) is 7.68. The first kappa shape index (κ1) is 14.4. The molecule has 5 nitrogen and oxygen atoms in total. The molecular formula is C15H20ClN5. The summed E-state index contributed by atoms with van der Waals surface area (Å²) in [5.74, 6) is 1.00. The van der Waals surface area contributed by atoms with Crippen molar-refractivity contribution in [1.29, 1.82) is 0 Å². The van der Waals surface area contributed by atoms with Gasteiger partial charge in [-0.25, -0.2) is 0 Å². The third kappa shape index (κ3) is 3.04. The van der Waals surface area contributed by atoms with Crippen molar-refractivity contribution >= 4 is 17.3 Å². The summed E-state index contributed by atoms with van der Waals surface area (Å²) in [5.41, 5.74) is 2.34. The summed E-state index contributed by atoms with van der Waals surface area (Å²) in [6, 6.07) is 6.53. The minimum atomic E-state index is 0.429. The smallest absolute Gasteiger partial charge is 0.152 e. The van der Waals surface area contributed by atoms with Crippen LogP contribution >= 0.6 is 11.6 Å². The van der Waals surface area contributed by atoms with Crippen LogP contribution in [0.15, 0.2) is 24.5 Å². The zero-order valence-electron chi connectivity index (χ0n) is 12.4. The van der Waals surface area contributed by atoms with Gasteiger partial charge < -0.3 is 14.8 Å². The van der Waals surface area contributed by atoms with Gasteiger partial charge in [0.1, 0.15) is 6.33 Å². The van der Waals surface area contributed by atoms with Gasteiger partial charge in [-0.2, -0.15) is 0 Å². The highest BCUT2D eigenvalue weighted by molar-refractivity contribution is 6.31. The van der Waals surface area contributed by atoms with Crippen molar-refractivity contribution in [3.8, 4) is 0 Å². The Morgan fingerprint density at radius 1 is 1.33 bits per heavy atom. The fourth-order valence-electron chi connectivity index (χ4n) is 2.60. The first-order valence-corrected chi connectivity index (χ1v) is 7.65. The summed E-state index contributed by atoms with van der Waals surface area (Å²) >= 11 is 6.41. The molecule has 0 unspecified atom stereocenters. The van der Waals surface area contributed by atoms with Crippen LogP contribution in [-0.4, -0.2) is 27.4 Å². The van der Waals surface area contributed by atoms with Crippen LogP contribution in [0.3, 0.4) is 0 Å². The van der Waals surface area contributed by atoms with E-state index in [0.29, 0.717) is 6.04 Å². The number of nitrogens with zero attached hydrogens (tertiary/aromatic N) is 4. The van der Waals surface area contributed by atoms with E-state index < -0.39 is 0 Å². The van der Waals surface area contributed by atoms with Gasteiger partial charge in [-0.3, -0.25) is 0 Å². The molecule has 1 aliphatic heterocycles. The van der Waals surface area contributed by atoms with Crippen LogP contribution in [0.4, 0.5) is 5.69 Å². The summed E-state index contributed by atoms with van der Waals surface area (Å²) in [6.07, 6.45) is 1.80. The molecule has 3 rings (SSSR count). The molecule has 0 atom stereocenters. The van der Waals surface area contributed by atoms with Gasteiger partial charge in [0.2, 0.25) is 0 Å². The number of hydrogen-bond donors (Lipinski definition) is 1. The lowest BCUT2D eigenvalue weighted by atomic mass is 10.1. The molecule has 1 aromatic carbocycles. The van der Waals surface area contributed by atoms with Gasteiger partial charge in [-0.15, -0.1) is 10.2 Å². The lowest BCUT2D eigenvalue weighted by molar-refractivity contribution is 0.553. The molecule has 21 heavy (non-hydrogen) atoms. The summed E-state index contributed by atoms with van der Waals surface area (Å²) in [4.78, 5) is 2.33. The van der Waals surface area contributed by atoms with Crippen LogP contribution in [0.2, 0.25) is 5.02 Å². The quantitative estimate of drug-likeness (QED) is 0.942. The van der Waals surface area contributed by atoms with E-state index in [9.17, 15) is 0 Å². The largest absolute Gasteiger partial charge is 0.362 e. The Hall–Kier alpha value is -1.59. The van der Waals surface area contributed by atoms with Crippen LogP contribution < -0.4 is 10.2 Å². The Morgan fingerprint density at radius 2 is 2.19 bits per heavy atom. The van der Waals surface area contributed by atoms with Crippen molar-refractivity contribution in [3.05, 3.63) is 40.9 Å². The Bertz CT molecular complexity index is 622. The van der Waals surface area contributed by atoms with E-state index in [1.807, 2.05) is 12.1 Å². The molecule has 112 valence electrons. The summed E-state index contributed by atoms with van der Waals surface area (Å²) in [7, 11) is 0. The number of fused-ring (bicyclic) bond motifs is 1. The van der Waals surface area contributed by atoms with E-state index in [-0.39, 0.29) is 0 Å². The molecule has 0 spiro atoms. The first-order chi connectivity index (χ1) is 10.1. The first-order valence-electron chi connectivity index (χ1n) is 7.27. The Balaban J connectivity index is 1.86. The van der Waals surface area contributed by atoms with Gasteiger partial charge in [0.05, 0.1) is 6.54 Å². The molecule has 1 aliphatic rings. The normalized spacial score (nSPS) is 14.6. The van der Waals surface area contributed by atoms with Gasteiger partial charge in [-0.1, -0.05) is 31.5 Å². The number of aromatic nitrogens is 3. The van der Waals surface area contributed by atoms with Crippen molar-refractivity contribution < 1.29 is 0 Å². The van der Waals surface area contributed by atoms with Crippen LogP contribution in [0.25, 0.3) is 0 Å². The fraction of sp³-hybridized carbons (Fsp3) is 0.467. The molecule has 0 fully saturated rings. The maximum absolute atomic E-state index is 6.41. The van der Waals surface area contributed by atoms with Crippen molar-refractivity contribution in [3.63, 3.8) is 0 Å². The van der Waals surface area contributed by atoms with Gasteiger partial charge in [0.25, 0.3) is 0 Å². The highest BCUT2D eigenvalue weighted by Crippen LogP contribution is 2.29. The second-order valence-electron chi connectivity index (χ2n) is 5.64. The summed E-state index contributed by atoms with van der Waals surface area (Å²) in [5, 5.41) is 12.4. The van der Waals surface area contributed by atoms with Crippen LogP contribution in [0, 0.1) is 0 Å². The number of hydrogen-bond acceptors (Lipinski definition) is 4. The average molecular weight is 306 g/mol. The van der Waals surface area contributed by atoms with Crippen LogP contribution in [0.5, 0.6) is 0 Å². The molecule has 0 aliphatic carbocycles. The van der Waals surface area contributed by atoms with Crippen molar-refractivity contribution in [1.82, 2.24) is 20.1 Å². The van der Waals surface area contributed by atoms with E-state index >= 15 is 0 Å². The standard InChI is InChI=1S/C15H20ClN5/c1-11(2)17-8-12-13(16)4-3-5-14(12)20-6-7-21-10-18-19-15(21)9-20/h3-5,10-11,17H,6-9H2,1-2H3. The molecule has 6 heteroatoms. The fourth-order valence-corrected chi connectivity index (χ4v) is 2.83. The predicted octanol–water partition coefficient (Wildman–Crippen LogP) is 2.45. The van der Waals surface area contributed by atoms with E-state index in [0.717, 1.165) is 42.6 Å². The SMILES string of the molecule is CC(C)NCc1c(Cl)cccc1N1CCn2cnnc2C1. The number of halogens is 1. The molecule has 0 saturated carbocycles. The van der Waals surface area contributed by atoms with E-state index in [1.54, 1.807) is 6.33 Å². The number of rotatable bonds is 4. The van der Waals surface area contributed by atoms with Crippen molar-refractivity contribution in [2.24, 2.45) is 0 Å². The molecule has 2 heterocycles. The maximum Gasteiger partial charge on any atom is 0.152 e. The third-order valence-corrected chi connectivity index (χ3v) is 4.11. The number of nitrogens with one attached hydrogen (secondary N) is 1. The molecule has 2 aromatic rings. The van der Waals surface area contributed by atoms with Gasteiger partial charge >= 0.3 is 0 Å². The molecule has 0 amide bonds. The third-order valence-electron chi connectivity index (χ3n) is 3.76. The van der Waals surface area contributed by atoms with Gasteiger partial charge in [0.15, 0.2) is 5.82 Å². The van der Waals surface area contributed by atoms with E-state index in [4.69, 9.17) is 11.6 Å². The maximum atomic E-state index is 6.41. The second-order valence-corrected chi connectivity index (χ2v) is 6.04. The topological polar surface area (TPSA) is 46.0 Å². The number of benzene rings is 1. The van der Waals surface area contributed by atoms with Crippen molar-refractivity contribution in [2.45, 2.75) is 39.5 Å². The highest BCUT2D eigenvalue weighted by atomic mass is 35.5. The average Bonchev–Trinajstić information content (AvgIpc) is 2.92. The minimum Gasteiger partial charge on any atom is -0.362 e. The van der Waals surface area contributed by atoms with Crippen LogP contribution in [-0.2, 0) is 19.6 Å². The Labute approximate surface area is 129 Å². The van der Waals surface area contributed by atoms with E-state index in [1.165, 1.54) is 5.69 Å². The molecule has 0 saturated heterocycles. The van der Waals surface area contributed by atoms with E-state index in [2.05, 4.69) is 44.9 Å². The highest BCUT2D eigenvalue weighted by Gasteiger charge is 2.20. The molecule has 1 N–H and O–H groups in total.